The molecule has 0 unspecified atom stereocenters. The number of benzene rings is 2. The number of nitrogens with one attached hydrogen (secondary N) is 1. The molecular formula is C21H17F3N4O3S. The lowest BCUT2D eigenvalue weighted by molar-refractivity contribution is -0.137. The first-order valence-corrected chi connectivity index (χ1v) is 10.6. The monoisotopic (exact) mass is 462 g/mol. The normalized spacial score (nSPS) is 12.0. The molecule has 32 heavy (non-hydrogen) atoms. The van der Waals surface area contributed by atoms with Crippen molar-refractivity contribution in [2.75, 3.05) is 10.8 Å². The molecule has 11 heteroatoms. The summed E-state index contributed by atoms with van der Waals surface area (Å²) in [5.74, 6) is -0.785. The summed E-state index contributed by atoms with van der Waals surface area (Å²) in [5, 5.41) is 3.63. The zero-order valence-corrected chi connectivity index (χ0v) is 17.2. The fourth-order valence-corrected chi connectivity index (χ4v) is 4.05. The zero-order chi connectivity index (χ0) is 23.2. The molecule has 0 aliphatic carbocycles. The maximum atomic E-state index is 13.1. The minimum Gasteiger partial charge on any atom is -0.271 e. The van der Waals surface area contributed by atoms with Gasteiger partial charge in [-0.15, -0.1) is 0 Å². The van der Waals surface area contributed by atoms with E-state index in [-0.39, 0.29) is 16.3 Å². The van der Waals surface area contributed by atoms with Gasteiger partial charge in [-0.1, -0.05) is 36.4 Å². The molecule has 3 rings (SSSR count). The number of hydrogen-bond donors (Lipinski definition) is 1. The largest absolute Gasteiger partial charge is 0.416 e. The Morgan fingerprint density at radius 2 is 1.75 bits per heavy atom. The fraction of sp³-hybridized carbons (Fsp3) is 0.0952. The van der Waals surface area contributed by atoms with Gasteiger partial charge in [0.15, 0.2) is 0 Å². The Bertz CT molecular complexity index is 1200. The molecule has 0 bridgehead atoms. The van der Waals surface area contributed by atoms with Crippen LogP contribution in [0.3, 0.4) is 0 Å². The van der Waals surface area contributed by atoms with E-state index in [0.717, 1.165) is 22.7 Å². The maximum Gasteiger partial charge on any atom is 0.416 e. The summed E-state index contributed by atoms with van der Waals surface area (Å²) in [4.78, 5) is 16.4. The van der Waals surface area contributed by atoms with Gasteiger partial charge >= 0.3 is 6.18 Å². The Morgan fingerprint density at radius 3 is 2.41 bits per heavy atom. The van der Waals surface area contributed by atoms with E-state index in [1.165, 1.54) is 36.5 Å². The van der Waals surface area contributed by atoms with Crippen LogP contribution in [0.25, 0.3) is 0 Å². The summed E-state index contributed by atoms with van der Waals surface area (Å²) in [5.41, 5.74) is 1.38. The standard InChI is InChI=1S/C21H17F3N4O3S/c22-21(23,24)17-8-6-7-16(13-17)14-26-27-20(29)15-28(19-11-4-5-12-25-19)32(30,31)18-9-2-1-3-10-18/h1-14H,15H2,(H,27,29)/b26-14-. The summed E-state index contributed by atoms with van der Waals surface area (Å²) in [7, 11) is -4.12. The smallest absolute Gasteiger partial charge is 0.271 e. The van der Waals surface area contributed by atoms with Gasteiger partial charge in [0.05, 0.1) is 16.7 Å². The van der Waals surface area contributed by atoms with Gasteiger partial charge in [0.2, 0.25) is 0 Å². The first kappa shape index (κ1) is 22.9. The van der Waals surface area contributed by atoms with Crippen LogP contribution in [0.15, 0.2) is 89.0 Å². The second kappa shape index (κ2) is 9.60. The van der Waals surface area contributed by atoms with E-state index in [1.54, 1.807) is 30.3 Å². The molecule has 0 atom stereocenters. The molecule has 1 N–H and O–H groups in total. The summed E-state index contributed by atoms with van der Waals surface area (Å²) in [6.45, 7) is -0.645. The van der Waals surface area contributed by atoms with Crippen molar-refractivity contribution in [3.8, 4) is 0 Å². The van der Waals surface area contributed by atoms with Crippen molar-refractivity contribution < 1.29 is 26.4 Å². The molecule has 0 spiro atoms. The van der Waals surface area contributed by atoms with Crippen molar-refractivity contribution in [3.05, 3.63) is 90.1 Å². The molecule has 0 fully saturated rings. The number of amides is 1. The third-order valence-electron chi connectivity index (χ3n) is 4.14. The second-order valence-electron chi connectivity index (χ2n) is 6.43. The second-order valence-corrected chi connectivity index (χ2v) is 8.29. The molecule has 0 aliphatic heterocycles. The van der Waals surface area contributed by atoms with Crippen molar-refractivity contribution in [2.24, 2.45) is 5.10 Å². The number of carbonyl (C=O) groups is 1. The number of anilines is 1. The summed E-state index contributed by atoms with van der Waals surface area (Å²) >= 11 is 0. The van der Waals surface area contributed by atoms with Gasteiger partial charge in [-0.3, -0.25) is 4.79 Å². The number of pyridine rings is 1. The van der Waals surface area contributed by atoms with Crippen molar-refractivity contribution in [3.63, 3.8) is 0 Å². The minimum atomic E-state index is -4.51. The van der Waals surface area contributed by atoms with E-state index in [9.17, 15) is 26.4 Å². The van der Waals surface area contributed by atoms with Gasteiger partial charge in [-0.2, -0.15) is 18.3 Å². The van der Waals surface area contributed by atoms with Crippen LogP contribution in [0.5, 0.6) is 0 Å². The molecule has 0 saturated heterocycles. The number of aromatic nitrogens is 1. The highest BCUT2D eigenvalue weighted by molar-refractivity contribution is 7.92. The lowest BCUT2D eigenvalue weighted by Gasteiger charge is -2.22. The van der Waals surface area contributed by atoms with Crippen molar-refractivity contribution in [1.29, 1.82) is 0 Å². The molecule has 1 amide bonds. The Hall–Kier alpha value is -3.73. The Labute approximate surface area is 182 Å². The van der Waals surface area contributed by atoms with Gasteiger partial charge in [-0.05, 0) is 42.0 Å². The third kappa shape index (κ3) is 5.70. The van der Waals surface area contributed by atoms with Crippen LogP contribution in [0, 0.1) is 0 Å². The van der Waals surface area contributed by atoms with Crippen molar-refractivity contribution in [2.45, 2.75) is 11.1 Å². The van der Waals surface area contributed by atoms with Crippen LogP contribution in [-0.4, -0.2) is 32.1 Å². The van der Waals surface area contributed by atoms with E-state index in [0.29, 0.717) is 0 Å². The Kier molecular flexibility index (Phi) is 6.89. The summed E-state index contributed by atoms with van der Waals surface area (Å²) in [6.07, 6.45) is -2.10. The summed E-state index contributed by atoms with van der Waals surface area (Å²) < 4.78 is 65.3. The van der Waals surface area contributed by atoms with Gasteiger partial charge in [-0.25, -0.2) is 23.1 Å². The molecule has 7 nitrogen and oxygen atoms in total. The van der Waals surface area contributed by atoms with E-state index in [2.05, 4.69) is 15.5 Å². The minimum absolute atomic E-state index is 0.0216. The van der Waals surface area contributed by atoms with Crippen LogP contribution in [0.4, 0.5) is 19.0 Å². The van der Waals surface area contributed by atoms with Gasteiger partial charge in [0.25, 0.3) is 15.9 Å². The van der Waals surface area contributed by atoms with Crippen LogP contribution in [0.2, 0.25) is 0 Å². The quantitative estimate of drug-likeness (QED) is 0.430. The lowest BCUT2D eigenvalue weighted by Crippen LogP contribution is -2.40. The van der Waals surface area contributed by atoms with Gasteiger partial charge in [0, 0.05) is 6.20 Å². The van der Waals surface area contributed by atoms with Crippen LogP contribution in [-0.2, 0) is 21.0 Å². The number of hydrogen-bond acceptors (Lipinski definition) is 5. The first-order valence-electron chi connectivity index (χ1n) is 9.16. The molecular weight excluding hydrogens is 445 g/mol. The number of rotatable bonds is 7. The van der Waals surface area contributed by atoms with Crippen LogP contribution in [0.1, 0.15) is 11.1 Å². The molecule has 2 aromatic carbocycles. The van der Waals surface area contributed by atoms with Crippen LogP contribution < -0.4 is 9.73 Å². The highest BCUT2D eigenvalue weighted by Gasteiger charge is 2.30. The highest BCUT2D eigenvalue weighted by atomic mass is 32.2. The number of hydrazone groups is 1. The Morgan fingerprint density at radius 1 is 1.03 bits per heavy atom. The van der Waals surface area contributed by atoms with Crippen molar-refractivity contribution >= 4 is 28.0 Å². The number of sulfonamides is 1. The van der Waals surface area contributed by atoms with Gasteiger partial charge in [0.1, 0.15) is 12.4 Å². The number of alkyl halides is 3. The molecule has 0 aliphatic rings. The van der Waals surface area contributed by atoms with Crippen LogP contribution >= 0.6 is 0 Å². The SMILES string of the molecule is O=C(CN(c1ccccn1)S(=O)(=O)c1ccccc1)N/N=C\c1cccc(C(F)(F)F)c1. The Balaban J connectivity index is 1.77. The zero-order valence-electron chi connectivity index (χ0n) is 16.4. The van der Waals surface area contributed by atoms with Gasteiger partial charge < -0.3 is 0 Å². The molecule has 1 heterocycles. The fourth-order valence-electron chi connectivity index (χ4n) is 2.65. The van der Waals surface area contributed by atoms with Crippen molar-refractivity contribution in [1.82, 2.24) is 10.4 Å². The molecule has 0 radical (unpaired) electrons. The molecule has 1 aromatic heterocycles. The first-order chi connectivity index (χ1) is 15.2. The molecule has 166 valence electrons. The lowest BCUT2D eigenvalue weighted by atomic mass is 10.1. The topological polar surface area (TPSA) is 91.7 Å². The van der Waals surface area contributed by atoms with E-state index in [1.807, 2.05) is 0 Å². The number of halogens is 3. The third-order valence-corrected chi connectivity index (χ3v) is 5.90. The summed E-state index contributed by atoms with van der Waals surface area (Å²) in [6, 6.07) is 16.5. The average molecular weight is 462 g/mol. The maximum absolute atomic E-state index is 13.1. The van der Waals surface area contributed by atoms with E-state index < -0.39 is 34.2 Å². The molecule has 0 saturated carbocycles. The molecule has 3 aromatic rings. The number of nitrogens with zero attached hydrogens (tertiary/aromatic N) is 3. The predicted molar refractivity (Wildman–Crippen MR) is 112 cm³/mol. The van der Waals surface area contributed by atoms with E-state index in [4.69, 9.17) is 0 Å². The van der Waals surface area contributed by atoms with E-state index >= 15 is 0 Å². The average Bonchev–Trinajstić information content (AvgIpc) is 2.78. The highest BCUT2D eigenvalue weighted by Crippen LogP contribution is 2.29. The predicted octanol–water partition coefficient (Wildman–Crippen LogP) is 3.45. The number of carbonyl (C=O) groups excluding carboxylic acids is 1.